The number of hydrogen-bond acceptors (Lipinski definition) is 2. The smallest absolute Gasteiger partial charge is 0.0910 e. The molecule has 2 nitrogen and oxygen atoms in total. The lowest BCUT2D eigenvalue weighted by molar-refractivity contribution is 0.492. The van der Waals surface area contributed by atoms with Crippen LogP contribution in [0.4, 0.5) is 5.69 Å². The van der Waals surface area contributed by atoms with Crippen molar-refractivity contribution in [2.24, 2.45) is 5.10 Å². The molecule has 0 aromatic heterocycles. The molecule has 0 amide bonds. The molecule has 1 unspecified atom stereocenters. The van der Waals surface area contributed by atoms with E-state index in [1.165, 1.54) is 16.7 Å². The van der Waals surface area contributed by atoms with Crippen molar-refractivity contribution >= 4 is 11.4 Å². The first-order valence-electron chi connectivity index (χ1n) is 8.72. The fraction of sp³-hybridized carbons (Fsp3) is 0.174. The van der Waals surface area contributed by atoms with Gasteiger partial charge in [0.25, 0.3) is 0 Å². The molecule has 1 aliphatic rings. The van der Waals surface area contributed by atoms with Crippen LogP contribution in [0, 0.1) is 6.92 Å². The van der Waals surface area contributed by atoms with Crippen LogP contribution in [0.25, 0.3) is 0 Å². The Kier molecular flexibility index (Phi) is 3.89. The van der Waals surface area contributed by atoms with Crippen LogP contribution in [0.2, 0.25) is 0 Å². The van der Waals surface area contributed by atoms with Gasteiger partial charge in [-0.1, -0.05) is 78.4 Å². The van der Waals surface area contributed by atoms with Gasteiger partial charge in [0.05, 0.1) is 16.9 Å². The molecule has 0 radical (unpaired) electrons. The first-order valence-corrected chi connectivity index (χ1v) is 8.72. The van der Waals surface area contributed by atoms with Crippen molar-refractivity contribution in [1.29, 1.82) is 0 Å². The number of hydrogen-bond donors (Lipinski definition) is 0. The van der Waals surface area contributed by atoms with Crippen molar-refractivity contribution in [3.8, 4) is 0 Å². The molecule has 0 saturated carbocycles. The monoisotopic (exact) mass is 326 g/mol. The Morgan fingerprint density at radius 1 is 0.800 bits per heavy atom. The molecule has 25 heavy (non-hydrogen) atoms. The largest absolute Gasteiger partial charge is 0.255 e. The zero-order chi connectivity index (χ0) is 17.3. The Labute approximate surface area is 149 Å². The summed E-state index contributed by atoms with van der Waals surface area (Å²) < 4.78 is 0. The predicted molar refractivity (Wildman–Crippen MR) is 105 cm³/mol. The molecule has 3 aromatic carbocycles. The summed E-state index contributed by atoms with van der Waals surface area (Å²) in [6.07, 6.45) is 0.884. The number of hydrazone groups is 1. The second-order valence-electron chi connectivity index (χ2n) is 6.88. The Morgan fingerprint density at radius 3 is 2.04 bits per heavy atom. The van der Waals surface area contributed by atoms with Crippen molar-refractivity contribution in [3.05, 3.63) is 102 Å². The second kappa shape index (κ2) is 6.21. The van der Waals surface area contributed by atoms with Crippen molar-refractivity contribution < 1.29 is 0 Å². The summed E-state index contributed by atoms with van der Waals surface area (Å²) in [6.45, 7) is 4.39. The van der Waals surface area contributed by atoms with E-state index in [1.807, 2.05) is 6.07 Å². The molecule has 124 valence electrons. The van der Waals surface area contributed by atoms with Gasteiger partial charge in [-0.25, -0.2) is 0 Å². The van der Waals surface area contributed by atoms with Gasteiger partial charge in [-0.15, -0.1) is 0 Å². The molecule has 0 saturated heterocycles. The average Bonchev–Trinajstić information content (AvgIpc) is 3.03. The summed E-state index contributed by atoms with van der Waals surface area (Å²) in [6, 6.07) is 29.8. The van der Waals surface area contributed by atoms with Crippen molar-refractivity contribution in [1.82, 2.24) is 0 Å². The molecular weight excluding hydrogens is 304 g/mol. The molecule has 0 bridgehead atoms. The molecule has 1 heterocycles. The maximum absolute atomic E-state index is 5.04. The van der Waals surface area contributed by atoms with Gasteiger partial charge in [0.15, 0.2) is 0 Å². The van der Waals surface area contributed by atoms with Crippen LogP contribution in [0.5, 0.6) is 0 Å². The van der Waals surface area contributed by atoms with Crippen molar-refractivity contribution in [2.45, 2.75) is 25.8 Å². The Morgan fingerprint density at radius 2 is 1.40 bits per heavy atom. The molecule has 2 heteroatoms. The van der Waals surface area contributed by atoms with E-state index < -0.39 is 0 Å². The molecule has 3 aromatic rings. The van der Waals surface area contributed by atoms with Crippen molar-refractivity contribution in [2.75, 3.05) is 5.01 Å². The zero-order valence-electron chi connectivity index (χ0n) is 14.7. The second-order valence-corrected chi connectivity index (χ2v) is 6.88. The first-order chi connectivity index (χ1) is 12.2. The molecule has 0 spiro atoms. The fourth-order valence-electron chi connectivity index (χ4n) is 3.51. The summed E-state index contributed by atoms with van der Waals surface area (Å²) in [4.78, 5) is 0. The lowest BCUT2D eigenvalue weighted by atomic mass is 9.85. The Hall–Kier alpha value is -2.87. The highest BCUT2D eigenvalue weighted by Gasteiger charge is 2.41. The molecule has 1 aliphatic heterocycles. The van der Waals surface area contributed by atoms with E-state index in [2.05, 4.69) is 97.7 Å². The van der Waals surface area contributed by atoms with E-state index in [1.54, 1.807) is 0 Å². The predicted octanol–water partition coefficient (Wildman–Crippen LogP) is 5.52. The SMILES string of the molecule is Cc1ccc(N2N=C(c3ccccc3)CC2(C)c2ccccc2)cc1. The van der Waals surface area contributed by atoms with Gasteiger partial charge >= 0.3 is 0 Å². The summed E-state index contributed by atoms with van der Waals surface area (Å²) in [7, 11) is 0. The van der Waals surface area contributed by atoms with Crippen LogP contribution in [-0.2, 0) is 5.54 Å². The van der Waals surface area contributed by atoms with Crippen LogP contribution in [0.15, 0.2) is 90.0 Å². The van der Waals surface area contributed by atoms with Gasteiger partial charge in [0, 0.05) is 6.42 Å². The molecule has 4 rings (SSSR count). The van der Waals surface area contributed by atoms with Crippen LogP contribution in [0.3, 0.4) is 0 Å². The standard InChI is InChI=1S/C23H22N2/c1-18-13-15-21(16-14-18)25-23(2,20-11-7-4-8-12-20)17-22(24-25)19-9-5-3-6-10-19/h3-16H,17H2,1-2H3. The maximum atomic E-state index is 5.04. The quantitative estimate of drug-likeness (QED) is 0.618. The Balaban J connectivity index is 1.82. The molecule has 0 N–H and O–H groups in total. The molecule has 1 atom stereocenters. The van der Waals surface area contributed by atoms with E-state index in [9.17, 15) is 0 Å². The number of rotatable bonds is 3. The number of nitrogens with zero attached hydrogens (tertiary/aromatic N) is 2. The minimum absolute atomic E-state index is 0.193. The fourth-order valence-corrected chi connectivity index (χ4v) is 3.51. The van der Waals surface area contributed by atoms with Crippen LogP contribution in [0.1, 0.15) is 30.0 Å². The third-order valence-electron chi connectivity index (χ3n) is 4.98. The highest BCUT2D eigenvalue weighted by atomic mass is 15.5. The number of benzene rings is 3. The third kappa shape index (κ3) is 2.85. The number of anilines is 1. The zero-order valence-corrected chi connectivity index (χ0v) is 14.7. The average molecular weight is 326 g/mol. The van der Waals surface area contributed by atoms with Gasteiger partial charge in [-0.05, 0) is 37.1 Å². The lowest BCUT2D eigenvalue weighted by Crippen LogP contribution is -2.37. The van der Waals surface area contributed by atoms with Gasteiger partial charge < -0.3 is 0 Å². The van der Waals surface area contributed by atoms with E-state index in [0.29, 0.717) is 0 Å². The normalized spacial score (nSPS) is 19.8. The van der Waals surface area contributed by atoms with Crippen LogP contribution >= 0.6 is 0 Å². The first kappa shape index (κ1) is 15.6. The van der Waals surface area contributed by atoms with Gasteiger partial charge in [0.2, 0.25) is 0 Å². The minimum Gasteiger partial charge on any atom is -0.255 e. The molecule has 0 fully saturated rings. The van der Waals surface area contributed by atoms with Crippen LogP contribution < -0.4 is 5.01 Å². The minimum atomic E-state index is -0.193. The van der Waals surface area contributed by atoms with Crippen LogP contribution in [-0.4, -0.2) is 5.71 Å². The number of aryl methyl sites for hydroxylation is 1. The van der Waals surface area contributed by atoms with E-state index in [0.717, 1.165) is 17.8 Å². The van der Waals surface area contributed by atoms with E-state index in [-0.39, 0.29) is 5.54 Å². The van der Waals surface area contributed by atoms with E-state index in [4.69, 9.17) is 5.10 Å². The van der Waals surface area contributed by atoms with Gasteiger partial charge in [0.1, 0.15) is 0 Å². The highest BCUT2D eigenvalue weighted by molar-refractivity contribution is 6.03. The summed E-state index contributed by atoms with van der Waals surface area (Å²) >= 11 is 0. The van der Waals surface area contributed by atoms with Gasteiger partial charge in [-0.3, -0.25) is 5.01 Å². The summed E-state index contributed by atoms with van der Waals surface area (Å²) in [5.74, 6) is 0. The lowest BCUT2D eigenvalue weighted by Gasteiger charge is -2.35. The topological polar surface area (TPSA) is 15.6 Å². The van der Waals surface area contributed by atoms with E-state index >= 15 is 0 Å². The Bertz CT molecular complexity index is 882. The summed E-state index contributed by atoms with van der Waals surface area (Å²) in [5.41, 5.74) is 5.80. The molecular formula is C23H22N2. The van der Waals surface area contributed by atoms with Gasteiger partial charge in [-0.2, -0.15) is 5.10 Å². The third-order valence-corrected chi connectivity index (χ3v) is 4.98. The maximum Gasteiger partial charge on any atom is 0.0910 e. The van der Waals surface area contributed by atoms with Crippen molar-refractivity contribution in [3.63, 3.8) is 0 Å². The summed E-state index contributed by atoms with van der Waals surface area (Å²) in [5, 5.41) is 7.22. The molecule has 0 aliphatic carbocycles. The highest BCUT2D eigenvalue weighted by Crippen LogP contribution is 2.41.